The molecule has 1 saturated heterocycles. The number of nitrogens with two attached hydrogens (primary N) is 1. The van der Waals surface area contributed by atoms with E-state index in [-0.39, 0.29) is 16.6 Å². The van der Waals surface area contributed by atoms with Gasteiger partial charge in [-0.3, -0.25) is 19.4 Å². The van der Waals surface area contributed by atoms with Crippen LogP contribution in [0.15, 0.2) is 108 Å². The molecule has 4 aromatic carbocycles. The molecule has 10 heteroatoms. The Balaban J connectivity index is 1.17. The molecule has 45 heavy (non-hydrogen) atoms. The van der Waals surface area contributed by atoms with Gasteiger partial charge in [0.25, 0.3) is 15.9 Å². The number of anilines is 2. The van der Waals surface area contributed by atoms with E-state index in [1.165, 1.54) is 12.1 Å². The molecule has 230 valence electrons. The number of halogens is 1. The van der Waals surface area contributed by atoms with E-state index >= 15 is 0 Å². The van der Waals surface area contributed by atoms with Crippen molar-refractivity contribution in [1.82, 2.24) is 14.8 Å². The third-order valence-electron chi connectivity index (χ3n) is 8.49. The largest absolute Gasteiger partial charge is 0.399 e. The predicted octanol–water partition coefficient (Wildman–Crippen LogP) is 6.12. The lowest BCUT2D eigenvalue weighted by Gasteiger charge is -2.44. The van der Waals surface area contributed by atoms with Crippen molar-refractivity contribution >= 4 is 38.2 Å². The molecule has 0 radical (unpaired) electrons. The first-order valence-corrected chi connectivity index (χ1v) is 16.2. The fourth-order valence-corrected chi connectivity index (χ4v) is 7.25. The minimum Gasteiger partial charge on any atom is -0.399 e. The smallest absolute Gasteiger partial charge is 0.262 e. The molecule has 1 aliphatic rings. The van der Waals surface area contributed by atoms with Crippen LogP contribution in [0.5, 0.6) is 0 Å². The standard InChI is InChI=1S/C35H34FN5O3S/c1-35(2,30-10-3-4-11-31(30)36)41-21-19-40(20-22-41)34(42)25-12-15-27(16-13-25)39-45(43,44)32-17-14-26(37)23-29(32)28-9-5-7-24-8-6-18-38-33(24)28/h3-18,23,39H,19-22,37H2,1-2H3. The molecule has 0 bridgehead atoms. The van der Waals surface area contributed by atoms with Gasteiger partial charge in [0, 0.05) is 76.9 Å². The molecule has 0 atom stereocenters. The molecule has 3 N–H and O–H groups in total. The number of hydrogen-bond donors (Lipinski definition) is 2. The van der Waals surface area contributed by atoms with Gasteiger partial charge in [-0.05, 0) is 68.4 Å². The maximum absolute atomic E-state index is 14.5. The number of aromatic nitrogens is 1. The van der Waals surface area contributed by atoms with Crippen molar-refractivity contribution in [3.63, 3.8) is 0 Å². The number of nitrogen functional groups attached to an aromatic ring is 1. The number of fused-ring (bicyclic) bond motifs is 1. The highest BCUT2D eigenvalue weighted by Gasteiger charge is 2.34. The van der Waals surface area contributed by atoms with Gasteiger partial charge in [0.15, 0.2) is 0 Å². The molecule has 6 rings (SSSR count). The molecular weight excluding hydrogens is 589 g/mol. The highest BCUT2D eigenvalue weighted by molar-refractivity contribution is 7.92. The number of hydrogen-bond acceptors (Lipinski definition) is 6. The van der Waals surface area contributed by atoms with E-state index in [4.69, 9.17) is 5.73 Å². The summed E-state index contributed by atoms with van der Waals surface area (Å²) in [5.41, 5.74) is 9.15. The normalized spacial score (nSPS) is 14.4. The summed E-state index contributed by atoms with van der Waals surface area (Å²) in [6.07, 6.45) is 1.67. The molecule has 0 unspecified atom stereocenters. The summed E-state index contributed by atoms with van der Waals surface area (Å²) in [5.74, 6) is -0.382. The highest BCUT2D eigenvalue weighted by atomic mass is 32.2. The Bertz CT molecular complexity index is 1980. The van der Waals surface area contributed by atoms with Crippen LogP contribution in [0.3, 0.4) is 0 Å². The van der Waals surface area contributed by atoms with Gasteiger partial charge in [0.2, 0.25) is 0 Å². The van der Waals surface area contributed by atoms with Crippen molar-refractivity contribution in [2.45, 2.75) is 24.3 Å². The van der Waals surface area contributed by atoms with E-state index in [9.17, 15) is 17.6 Å². The fourth-order valence-electron chi connectivity index (χ4n) is 5.98. The zero-order chi connectivity index (χ0) is 31.8. The Hall–Kier alpha value is -4.80. The monoisotopic (exact) mass is 623 g/mol. The van der Waals surface area contributed by atoms with Crippen LogP contribution in [-0.2, 0) is 15.6 Å². The van der Waals surface area contributed by atoms with Gasteiger partial charge in [-0.2, -0.15) is 0 Å². The van der Waals surface area contributed by atoms with E-state index in [2.05, 4.69) is 14.6 Å². The van der Waals surface area contributed by atoms with Crippen LogP contribution in [-0.4, -0.2) is 55.3 Å². The summed E-state index contributed by atoms with van der Waals surface area (Å²) in [4.78, 5) is 21.8. The first-order chi connectivity index (χ1) is 21.5. The summed E-state index contributed by atoms with van der Waals surface area (Å²) >= 11 is 0. The second-order valence-corrected chi connectivity index (χ2v) is 13.3. The Morgan fingerprint density at radius 2 is 1.58 bits per heavy atom. The van der Waals surface area contributed by atoms with E-state index in [1.807, 2.05) is 50.2 Å². The Kier molecular flexibility index (Phi) is 8.03. The lowest BCUT2D eigenvalue weighted by Crippen LogP contribution is -2.54. The Morgan fingerprint density at radius 3 is 2.31 bits per heavy atom. The number of para-hydroxylation sites is 1. The molecule has 0 aliphatic carbocycles. The van der Waals surface area contributed by atoms with Crippen molar-refractivity contribution < 1.29 is 17.6 Å². The molecular formula is C35H34FN5O3S. The number of sulfonamides is 1. The first-order valence-electron chi connectivity index (χ1n) is 14.7. The zero-order valence-electron chi connectivity index (χ0n) is 25.1. The number of benzene rings is 4. The van der Waals surface area contributed by atoms with Gasteiger partial charge in [0.1, 0.15) is 5.82 Å². The molecule has 1 fully saturated rings. The average Bonchev–Trinajstić information content (AvgIpc) is 3.04. The van der Waals surface area contributed by atoms with Gasteiger partial charge in [-0.25, -0.2) is 12.8 Å². The number of nitrogens with one attached hydrogen (secondary N) is 1. The quantitative estimate of drug-likeness (QED) is 0.212. The van der Waals surface area contributed by atoms with E-state index in [0.717, 1.165) is 5.39 Å². The van der Waals surface area contributed by atoms with E-state index in [0.29, 0.717) is 65.3 Å². The number of piperazine rings is 1. The van der Waals surface area contributed by atoms with E-state index in [1.54, 1.807) is 59.6 Å². The lowest BCUT2D eigenvalue weighted by molar-refractivity contribution is 0.0381. The van der Waals surface area contributed by atoms with Gasteiger partial charge in [-0.15, -0.1) is 0 Å². The maximum Gasteiger partial charge on any atom is 0.262 e. The number of carbonyl (C=O) groups is 1. The number of nitrogens with zero attached hydrogens (tertiary/aromatic N) is 3. The Labute approximate surface area is 262 Å². The molecule has 1 amide bonds. The van der Waals surface area contributed by atoms with Gasteiger partial charge in [0.05, 0.1) is 10.4 Å². The van der Waals surface area contributed by atoms with Crippen molar-refractivity contribution in [2.24, 2.45) is 0 Å². The highest BCUT2D eigenvalue weighted by Crippen LogP contribution is 2.35. The molecule has 0 saturated carbocycles. The summed E-state index contributed by atoms with van der Waals surface area (Å²) < 4.78 is 44.5. The van der Waals surface area contributed by atoms with Crippen LogP contribution in [0.4, 0.5) is 15.8 Å². The predicted molar refractivity (Wildman–Crippen MR) is 176 cm³/mol. The molecule has 1 aromatic heterocycles. The van der Waals surface area contributed by atoms with Crippen molar-refractivity contribution in [3.8, 4) is 11.1 Å². The molecule has 2 heterocycles. The minimum absolute atomic E-state index is 0.0613. The average molecular weight is 624 g/mol. The van der Waals surface area contributed by atoms with Crippen LogP contribution in [0.25, 0.3) is 22.0 Å². The van der Waals surface area contributed by atoms with Gasteiger partial charge in [-0.1, -0.05) is 42.5 Å². The van der Waals surface area contributed by atoms with Crippen molar-refractivity contribution in [2.75, 3.05) is 36.6 Å². The molecule has 0 spiro atoms. The lowest BCUT2D eigenvalue weighted by atomic mass is 9.91. The SMILES string of the molecule is CC(C)(c1ccccc1F)N1CCN(C(=O)c2ccc(NS(=O)(=O)c3ccc(N)cc3-c3cccc4cccnc34)cc2)CC1. The van der Waals surface area contributed by atoms with Crippen LogP contribution < -0.4 is 10.5 Å². The Morgan fingerprint density at radius 1 is 0.867 bits per heavy atom. The molecule has 8 nitrogen and oxygen atoms in total. The summed E-state index contributed by atoms with van der Waals surface area (Å²) in [7, 11) is -4.04. The number of carbonyl (C=O) groups excluding carboxylic acids is 1. The fraction of sp³-hybridized carbons (Fsp3) is 0.200. The molecule has 1 aliphatic heterocycles. The first kappa shape index (κ1) is 30.2. The summed E-state index contributed by atoms with van der Waals surface area (Å²) in [5, 5.41) is 0.879. The van der Waals surface area contributed by atoms with Crippen LogP contribution >= 0.6 is 0 Å². The van der Waals surface area contributed by atoms with Crippen LogP contribution in [0, 0.1) is 5.82 Å². The van der Waals surface area contributed by atoms with Gasteiger partial charge >= 0.3 is 0 Å². The third kappa shape index (κ3) is 5.99. The van der Waals surface area contributed by atoms with E-state index < -0.39 is 15.6 Å². The van der Waals surface area contributed by atoms with Crippen LogP contribution in [0.2, 0.25) is 0 Å². The second-order valence-electron chi connectivity index (χ2n) is 11.6. The maximum atomic E-state index is 14.5. The minimum atomic E-state index is -4.04. The third-order valence-corrected chi connectivity index (χ3v) is 9.93. The topological polar surface area (TPSA) is 109 Å². The van der Waals surface area contributed by atoms with Crippen LogP contribution in [0.1, 0.15) is 29.8 Å². The van der Waals surface area contributed by atoms with Crippen molar-refractivity contribution in [1.29, 1.82) is 0 Å². The van der Waals surface area contributed by atoms with Crippen molar-refractivity contribution in [3.05, 3.63) is 120 Å². The molecule has 5 aromatic rings. The van der Waals surface area contributed by atoms with Gasteiger partial charge < -0.3 is 10.6 Å². The number of rotatable bonds is 7. The zero-order valence-corrected chi connectivity index (χ0v) is 25.9. The summed E-state index contributed by atoms with van der Waals surface area (Å²) in [6.45, 7) is 6.17. The number of pyridine rings is 1. The number of amides is 1. The second kappa shape index (κ2) is 11.9. The summed E-state index contributed by atoms with van der Waals surface area (Å²) in [6, 6.07) is 27.2.